The molecule has 1 atom stereocenters. The Morgan fingerprint density at radius 2 is 0.722 bits per heavy atom. The Balaban J connectivity index is 1.02. The summed E-state index contributed by atoms with van der Waals surface area (Å²) in [5.74, 6) is 0. The van der Waals surface area contributed by atoms with E-state index in [9.17, 15) is 0 Å². The fourth-order valence-electron chi connectivity index (χ4n) is 14.6. The van der Waals surface area contributed by atoms with Gasteiger partial charge >= 0.3 is 328 Å². The van der Waals surface area contributed by atoms with Crippen molar-refractivity contribution >= 4 is 91.8 Å². The summed E-state index contributed by atoms with van der Waals surface area (Å²) in [4.78, 5) is 0. The SMILES string of the molecule is c1ccc2[c](c1)[GeH2][c]1cccc(-c3cccc4c(-c5cccc6c5-c5ccccc5C65c6ccccc6-n6c7ccccc7c7cccc5c76)c5cccc(-c6ccc[c]7c6-c6cccc[c]6[GeH2]7)c5cc34)c1-2. The first-order chi connectivity index (χ1) is 35.8. The van der Waals surface area contributed by atoms with Crippen LogP contribution < -0.4 is 17.6 Å². The molecule has 4 aliphatic rings. The van der Waals surface area contributed by atoms with E-state index in [1.807, 2.05) is 0 Å². The molecule has 13 aromatic rings. The molecule has 0 saturated heterocycles. The molecule has 0 bridgehead atoms. The standard InChI is InChI=1S/C69H43Ge2N/c1-5-29-54-48(18-1)65-51(28-14-31-56(65)69(54)55-30-6-10-38-63(55)72-62-37-9-4-17-42(62)47-27-13-32-57(69)68(47)72)64-45-23-11-21-40(43-25-15-35-60-66(43)49-19-2-7-33-58(49)70-60)52(45)39-53-41(22-12-24-46(53)64)44-26-16-36-61-67(44)50-20-3-8-34-59(50)71-61/h1-39H,70-71H2. The summed E-state index contributed by atoms with van der Waals surface area (Å²) in [5.41, 5.74) is 25.0. The minimum absolute atomic E-state index is 0.550. The topological polar surface area (TPSA) is 4.93 Å². The Labute approximate surface area is 430 Å². The molecule has 1 unspecified atom stereocenters. The van der Waals surface area contributed by atoms with E-state index in [4.69, 9.17) is 0 Å². The molecule has 3 aliphatic heterocycles. The van der Waals surface area contributed by atoms with E-state index >= 15 is 0 Å². The van der Waals surface area contributed by atoms with E-state index < -0.39 is 36.3 Å². The van der Waals surface area contributed by atoms with Crippen LogP contribution in [-0.4, -0.2) is 35.4 Å². The third-order valence-electron chi connectivity index (χ3n) is 17.2. The van der Waals surface area contributed by atoms with Gasteiger partial charge in [0, 0.05) is 10.8 Å². The number of benzene rings is 12. The van der Waals surface area contributed by atoms with Gasteiger partial charge in [0.15, 0.2) is 0 Å². The summed E-state index contributed by atoms with van der Waals surface area (Å²) in [6, 6.07) is 91.7. The van der Waals surface area contributed by atoms with Gasteiger partial charge in [0.1, 0.15) is 0 Å². The molecular weight excluding hydrogens is 988 g/mol. The van der Waals surface area contributed by atoms with Crippen LogP contribution in [0.25, 0.3) is 116 Å². The summed E-state index contributed by atoms with van der Waals surface area (Å²) in [5, 5.41) is 7.79. The van der Waals surface area contributed by atoms with Crippen molar-refractivity contribution in [2.75, 3.05) is 0 Å². The predicted molar refractivity (Wildman–Crippen MR) is 309 cm³/mol. The van der Waals surface area contributed by atoms with E-state index in [1.54, 1.807) is 17.6 Å². The molecule has 4 heterocycles. The Morgan fingerprint density at radius 1 is 0.264 bits per heavy atom. The second-order valence-corrected chi connectivity index (χ2v) is 28.4. The molecule has 1 nitrogen and oxygen atoms in total. The van der Waals surface area contributed by atoms with Crippen LogP contribution >= 0.6 is 0 Å². The number of aromatic nitrogens is 1. The van der Waals surface area contributed by atoms with Crippen LogP contribution in [0.5, 0.6) is 0 Å². The number of nitrogens with zero attached hydrogens (tertiary/aromatic N) is 1. The summed E-state index contributed by atoms with van der Waals surface area (Å²) >= 11 is -2.28. The van der Waals surface area contributed by atoms with E-state index in [0.717, 1.165) is 0 Å². The molecular formula is C69H43Ge2N. The van der Waals surface area contributed by atoms with Gasteiger partial charge in [-0.25, -0.2) is 0 Å². The van der Waals surface area contributed by atoms with Crippen LogP contribution in [0.15, 0.2) is 237 Å². The molecule has 1 aromatic heterocycles. The van der Waals surface area contributed by atoms with E-state index in [-0.39, 0.29) is 0 Å². The van der Waals surface area contributed by atoms with Crippen molar-refractivity contribution in [1.82, 2.24) is 4.57 Å². The Kier molecular flexibility index (Phi) is 8.04. The fraction of sp³-hybridized carbons (Fsp3) is 0.0145. The van der Waals surface area contributed by atoms with Crippen molar-refractivity contribution in [1.29, 1.82) is 0 Å². The zero-order valence-corrected chi connectivity index (χ0v) is 45.3. The number of rotatable bonds is 3. The van der Waals surface area contributed by atoms with Gasteiger partial charge in [-0.2, -0.15) is 0 Å². The van der Waals surface area contributed by atoms with Crippen LogP contribution in [0.2, 0.25) is 0 Å². The molecule has 17 rings (SSSR count). The molecule has 12 aromatic carbocycles. The number of fused-ring (bicyclic) bond motifs is 20. The average molecular weight is 1030 g/mol. The van der Waals surface area contributed by atoms with E-state index in [2.05, 4.69) is 241 Å². The summed E-state index contributed by atoms with van der Waals surface area (Å²) in [6.45, 7) is 0. The molecule has 0 N–H and O–H groups in total. The molecule has 1 aliphatic carbocycles. The minimum atomic E-state index is -1.14. The predicted octanol–water partition coefficient (Wildman–Crippen LogP) is 13.0. The molecule has 332 valence electrons. The summed E-state index contributed by atoms with van der Waals surface area (Å²) in [7, 11) is 0. The second kappa shape index (κ2) is 14.6. The van der Waals surface area contributed by atoms with Crippen molar-refractivity contribution in [2.24, 2.45) is 0 Å². The molecule has 0 radical (unpaired) electrons. The first-order valence-electron chi connectivity index (χ1n) is 25.5. The van der Waals surface area contributed by atoms with Crippen molar-refractivity contribution in [2.45, 2.75) is 5.41 Å². The zero-order chi connectivity index (χ0) is 46.8. The molecule has 0 fully saturated rings. The normalized spacial score (nSPS) is 15.8. The van der Waals surface area contributed by atoms with Crippen LogP contribution in [0, 0.1) is 0 Å². The monoisotopic (exact) mass is 1030 g/mol. The van der Waals surface area contributed by atoms with Crippen molar-refractivity contribution in [3.63, 3.8) is 0 Å². The maximum absolute atomic E-state index is 2.58. The van der Waals surface area contributed by atoms with Crippen LogP contribution in [0.3, 0.4) is 0 Å². The molecule has 0 amide bonds. The molecule has 1 spiro atoms. The van der Waals surface area contributed by atoms with Gasteiger partial charge < -0.3 is 4.57 Å². The number of para-hydroxylation sites is 3. The average Bonchev–Trinajstić information content (AvgIpc) is 4.19. The second-order valence-electron chi connectivity index (χ2n) is 20.5. The third kappa shape index (κ3) is 5.00. The van der Waals surface area contributed by atoms with Gasteiger partial charge in [-0.3, -0.25) is 0 Å². The van der Waals surface area contributed by atoms with Crippen molar-refractivity contribution in [3.8, 4) is 72.4 Å². The van der Waals surface area contributed by atoms with Crippen LogP contribution in [0.1, 0.15) is 22.3 Å². The third-order valence-corrected chi connectivity index (χ3v) is 25.5. The van der Waals surface area contributed by atoms with Crippen LogP contribution in [-0.2, 0) is 5.41 Å². The molecule has 0 saturated carbocycles. The van der Waals surface area contributed by atoms with Gasteiger partial charge in [0.05, 0.1) is 16.7 Å². The number of hydrogen-bond acceptors (Lipinski definition) is 0. The molecule has 72 heavy (non-hydrogen) atoms. The first-order valence-corrected chi connectivity index (χ1v) is 31.4. The summed E-state index contributed by atoms with van der Waals surface area (Å²) in [6.07, 6.45) is 0. The van der Waals surface area contributed by atoms with Gasteiger partial charge in [-0.05, 0) is 12.1 Å². The Hall–Kier alpha value is -7.95. The van der Waals surface area contributed by atoms with E-state index in [1.165, 1.54) is 138 Å². The Bertz CT molecular complexity index is 4440. The number of hydrogen-bond donors (Lipinski definition) is 0. The van der Waals surface area contributed by atoms with Crippen molar-refractivity contribution in [3.05, 3.63) is 259 Å². The molecule has 3 heteroatoms. The van der Waals surface area contributed by atoms with Crippen LogP contribution in [0.4, 0.5) is 0 Å². The Morgan fingerprint density at radius 3 is 1.43 bits per heavy atom. The van der Waals surface area contributed by atoms with Gasteiger partial charge in [0.25, 0.3) is 0 Å². The zero-order valence-electron chi connectivity index (χ0n) is 39.4. The maximum atomic E-state index is 2.58. The van der Waals surface area contributed by atoms with Crippen molar-refractivity contribution < 1.29 is 0 Å². The van der Waals surface area contributed by atoms with Gasteiger partial charge in [-0.15, -0.1) is 0 Å². The summed E-state index contributed by atoms with van der Waals surface area (Å²) < 4.78 is 8.92. The van der Waals surface area contributed by atoms with Gasteiger partial charge in [0.2, 0.25) is 0 Å². The fourth-order valence-corrected chi connectivity index (χ4v) is 22.8. The van der Waals surface area contributed by atoms with Gasteiger partial charge in [-0.1, -0.05) is 60.7 Å². The quantitative estimate of drug-likeness (QED) is 0.123. The van der Waals surface area contributed by atoms with E-state index in [0.29, 0.717) is 0 Å². The first kappa shape index (κ1) is 39.7.